The Morgan fingerprint density at radius 2 is 1.36 bits per heavy atom. The van der Waals surface area contributed by atoms with Crippen LogP contribution >= 0.6 is 23.1 Å². The fourth-order valence-corrected chi connectivity index (χ4v) is 5.75. The van der Waals surface area contributed by atoms with E-state index in [0.717, 1.165) is 10.6 Å². The van der Waals surface area contributed by atoms with Crippen molar-refractivity contribution in [3.63, 3.8) is 0 Å². The predicted octanol–water partition coefficient (Wildman–Crippen LogP) is 7.00. The van der Waals surface area contributed by atoms with Gasteiger partial charge in [0.25, 0.3) is 0 Å². The first kappa shape index (κ1) is 23.5. The molecule has 4 aromatic rings. The van der Waals surface area contributed by atoms with E-state index in [1.807, 2.05) is 5.51 Å². The van der Waals surface area contributed by atoms with Crippen molar-refractivity contribution in [1.82, 2.24) is 4.98 Å². The van der Waals surface area contributed by atoms with Gasteiger partial charge in [-0.3, -0.25) is 0 Å². The lowest BCUT2D eigenvalue weighted by molar-refractivity contribution is 0.0603. The highest BCUT2D eigenvalue weighted by Crippen LogP contribution is 2.49. The Balaban J connectivity index is 1.69. The molecule has 5 heteroatoms. The van der Waals surface area contributed by atoms with E-state index in [0.29, 0.717) is 19.8 Å². The van der Waals surface area contributed by atoms with Crippen LogP contribution < -0.4 is 0 Å². The number of rotatable bonds is 11. The van der Waals surface area contributed by atoms with Gasteiger partial charge in [0.05, 0.1) is 40.6 Å². The van der Waals surface area contributed by atoms with E-state index in [4.69, 9.17) is 9.47 Å². The molecular weight excluding hydrogens is 446 g/mol. The summed E-state index contributed by atoms with van der Waals surface area (Å²) in [6.45, 7) is 1.63. The molecule has 0 radical (unpaired) electrons. The summed E-state index contributed by atoms with van der Waals surface area (Å²) in [5.41, 5.74) is 6.55. The van der Waals surface area contributed by atoms with E-state index in [-0.39, 0.29) is 4.75 Å². The van der Waals surface area contributed by atoms with E-state index in [2.05, 4.69) is 107 Å². The quantitative estimate of drug-likeness (QED) is 0.173. The molecule has 0 aliphatic rings. The van der Waals surface area contributed by atoms with E-state index in [9.17, 15) is 0 Å². The lowest BCUT2D eigenvalue weighted by Gasteiger charge is -2.34. The van der Waals surface area contributed by atoms with E-state index < -0.39 is 0 Å². The van der Waals surface area contributed by atoms with Crippen LogP contribution in [0.1, 0.15) is 27.3 Å². The van der Waals surface area contributed by atoms with Gasteiger partial charge < -0.3 is 9.47 Å². The van der Waals surface area contributed by atoms with Crippen LogP contribution in [0.5, 0.6) is 0 Å². The molecule has 0 N–H and O–H groups in total. The fourth-order valence-electron chi connectivity index (χ4n) is 3.75. The maximum atomic E-state index is 5.69. The number of aromatic nitrogens is 1. The zero-order valence-corrected chi connectivity index (χ0v) is 20.2. The Bertz CT molecular complexity index is 1030. The standard InChI is InChI=1S/C28H27NO2S2/c1-30-18-19-31-21-26-27(32-22-29-26)17-20-33-28(23-11-5-2-6-12-23,24-13-7-3-8-14-24)25-15-9-4-10-16-25/h2-17,20,22H,18-19,21H2,1H3. The SMILES string of the molecule is COCCOCc1ncsc1C=CSC(c1ccccc1)(c1ccccc1)c1ccccc1. The van der Waals surface area contributed by atoms with Crippen LogP contribution in [0.25, 0.3) is 6.08 Å². The molecule has 0 spiro atoms. The molecule has 1 aromatic heterocycles. The predicted molar refractivity (Wildman–Crippen MR) is 139 cm³/mol. The first-order valence-electron chi connectivity index (χ1n) is 10.8. The number of methoxy groups -OCH3 is 1. The van der Waals surface area contributed by atoms with E-state index in [1.54, 1.807) is 30.2 Å². The summed E-state index contributed by atoms with van der Waals surface area (Å²) in [6, 6.07) is 32.1. The van der Waals surface area contributed by atoms with Crippen molar-refractivity contribution in [2.45, 2.75) is 11.4 Å². The van der Waals surface area contributed by atoms with Gasteiger partial charge in [0.1, 0.15) is 0 Å². The van der Waals surface area contributed by atoms with Crippen LogP contribution in [-0.2, 0) is 20.8 Å². The third-order valence-electron chi connectivity index (χ3n) is 5.35. The summed E-state index contributed by atoms with van der Waals surface area (Å²) in [5.74, 6) is 0. The molecule has 0 saturated heterocycles. The van der Waals surface area contributed by atoms with Crippen molar-refractivity contribution < 1.29 is 9.47 Å². The molecular formula is C28H27NO2S2. The monoisotopic (exact) mass is 473 g/mol. The molecule has 3 nitrogen and oxygen atoms in total. The molecule has 0 atom stereocenters. The molecule has 3 aromatic carbocycles. The van der Waals surface area contributed by atoms with Gasteiger partial charge in [-0.2, -0.15) is 0 Å². The number of benzene rings is 3. The minimum Gasteiger partial charge on any atom is -0.382 e. The molecule has 33 heavy (non-hydrogen) atoms. The van der Waals surface area contributed by atoms with Crippen LogP contribution in [0.3, 0.4) is 0 Å². The van der Waals surface area contributed by atoms with Gasteiger partial charge in [-0.25, -0.2) is 4.98 Å². The van der Waals surface area contributed by atoms with Crippen LogP contribution in [0.15, 0.2) is 102 Å². The lowest BCUT2D eigenvalue weighted by Crippen LogP contribution is -2.24. The third-order valence-corrected chi connectivity index (χ3v) is 7.52. The Morgan fingerprint density at radius 1 is 0.818 bits per heavy atom. The Hall–Kier alpha value is -2.70. The van der Waals surface area contributed by atoms with Crippen LogP contribution in [0.2, 0.25) is 0 Å². The van der Waals surface area contributed by atoms with Gasteiger partial charge in [0.2, 0.25) is 0 Å². The summed E-state index contributed by atoms with van der Waals surface area (Å²) < 4.78 is 10.4. The maximum Gasteiger partial charge on any atom is 0.0948 e. The zero-order valence-electron chi connectivity index (χ0n) is 18.6. The van der Waals surface area contributed by atoms with E-state index in [1.165, 1.54) is 16.7 Å². The zero-order chi connectivity index (χ0) is 22.8. The Labute approximate surface area is 204 Å². The summed E-state index contributed by atoms with van der Waals surface area (Å²) >= 11 is 3.43. The molecule has 168 valence electrons. The van der Waals surface area contributed by atoms with Crippen molar-refractivity contribution in [2.75, 3.05) is 20.3 Å². The smallest absolute Gasteiger partial charge is 0.0948 e. The Kier molecular flexibility index (Phi) is 8.50. The van der Waals surface area contributed by atoms with Crippen LogP contribution in [0.4, 0.5) is 0 Å². The van der Waals surface area contributed by atoms with Crippen LogP contribution in [-0.4, -0.2) is 25.3 Å². The Morgan fingerprint density at radius 3 is 1.88 bits per heavy atom. The van der Waals surface area contributed by atoms with Gasteiger partial charge in [-0.1, -0.05) is 91.0 Å². The van der Waals surface area contributed by atoms with Gasteiger partial charge in [-0.15, -0.1) is 23.1 Å². The third kappa shape index (κ3) is 5.63. The average Bonchev–Trinajstić information content (AvgIpc) is 3.33. The van der Waals surface area contributed by atoms with Crippen molar-refractivity contribution in [3.05, 3.63) is 129 Å². The number of hydrogen-bond donors (Lipinski definition) is 0. The van der Waals surface area contributed by atoms with Gasteiger partial charge >= 0.3 is 0 Å². The van der Waals surface area contributed by atoms with Gasteiger partial charge in [0.15, 0.2) is 0 Å². The summed E-state index contributed by atoms with van der Waals surface area (Å²) in [5, 5.41) is 2.19. The highest BCUT2D eigenvalue weighted by Gasteiger charge is 2.36. The largest absolute Gasteiger partial charge is 0.382 e. The normalized spacial score (nSPS) is 11.8. The fraction of sp³-hybridized carbons (Fsp3) is 0.179. The molecule has 4 rings (SSSR count). The highest BCUT2D eigenvalue weighted by atomic mass is 32.2. The second-order valence-electron chi connectivity index (χ2n) is 7.41. The van der Waals surface area contributed by atoms with Crippen LogP contribution in [0, 0.1) is 0 Å². The van der Waals surface area contributed by atoms with E-state index >= 15 is 0 Å². The molecule has 0 saturated carbocycles. The molecule has 0 aliphatic carbocycles. The topological polar surface area (TPSA) is 31.4 Å². The lowest BCUT2D eigenvalue weighted by atomic mass is 9.84. The van der Waals surface area contributed by atoms with Crippen molar-refractivity contribution in [3.8, 4) is 0 Å². The number of thioether (sulfide) groups is 1. The average molecular weight is 474 g/mol. The highest BCUT2D eigenvalue weighted by molar-refractivity contribution is 8.03. The number of nitrogens with zero attached hydrogens (tertiary/aromatic N) is 1. The molecule has 0 aliphatic heterocycles. The second-order valence-corrected chi connectivity index (χ2v) is 9.42. The molecule has 0 fully saturated rings. The summed E-state index contributed by atoms with van der Waals surface area (Å²) in [7, 11) is 1.68. The number of ether oxygens (including phenoxy) is 2. The minimum atomic E-state index is -0.375. The number of hydrogen-bond acceptors (Lipinski definition) is 5. The van der Waals surface area contributed by atoms with Gasteiger partial charge in [-0.05, 0) is 28.2 Å². The first-order chi connectivity index (χ1) is 16.3. The number of thiazole rings is 1. The van der Waals surface area contributed by atoms with Gasteiger partial charge in [0, 0.05) is 7.11 Å². The molecule has 0 amide bonds. The summed E-state index contributed by atoms with van der Waals surface area (Å²) in [4.78, 5) is 5.61. The molecule has 0 unspecified atom stereocenters. The van der Waals surface area contributed by atoms with Crippen molar-refractivity contribution >= 4 is 29.2 Å². The first-order valence-corrected chi connectivity index (χ1v) is 12.6. The van der Waals surface area contributed by atoms with Crippen molar-refractivity contribution in [1.29, 1.82) is 0 Å². The minimum absolute atomic E-state index is 0.375. The van der Waals surface area contributed by atoms with Crippen molar-refractivity contribution in [2.24, 2.45) is 0 Å². The molecule has 0 bridgehead atoms. The second kappa shape index (κ2) is 12.0. The molecule has 1 heterocycles. The maximum absolute atomic E-state index is 5.69. The summed E-state index contributed by atoms with van der Waals surface area (Å²) in [6.07, 6.45) is 2.15.